The number of oxazole rings is 1. The van der Waals surface area contributed by atoms with Gasteiger partial charge in [0.1, 0.15) is 5.69 Å². The van der Waals surface area contributed by atoms with Crippen LogP contribution in [0.1, 0.15) is 11.1 Å². The maximum atomic E-state index is 13.0. The van der Waals surface area contributed by atoms with Crippen molar-refractivity contribution in [2.24, 2.45) is 0 Å². The maximum absolute atomic E-state index is 13.0. The molecule has 4 rings (SSSR count). The van der Waals surface area contributed by atoms with Gasteiger partial charge in [-0.25, -0.2) is 13.4 Å². The van der Waals surface area contributed by atoms with Gasteiger partial charge >= 0.3 is 0 Å². The Hall–Kier alpha value is -3.69. The summed E-state index contributed by atoms with van der Waals surface area (Å²) in [6.07, 6.45) is 0. The lowest BCUT2D eigenvalue weighted by Gasteiger charge is -2.07. The van der Waals surface area contributed by atoms with Crippen molar-refractivity contribution in [3.8, 4) is 28.7 Å². The molecular formula is C23H16N2O3S. The lowest BCUT2D eigenvalue weighted by Crippen LogP contribution is -2.12. The first-order valence-electron chi connectivity index (χ1n) is 8.91. The zero-order valence-corrected chi connectivity index (χ0v) is 16.1. The maximum Gasteiger partial charge on any atom is 0.228 e. The van der Waals surface area contributed by atoms with Gasteiger partial charge in [-0.3, -0.25) is 0 Å². The van der Waals surface area contributed by atoms with Crippen molar-refractivity contribution in [3.05, 3.63) is 96.9 Å². The molecule has 0 N–H and O–H groups in total. The molecule has 0 radical (unpaired) electrons. The van der Waals surface area contributed by atoms with Crippen molar-refractivity contribution >= 4 is 9.84 Å². The molecule has 4 aromatic rings. The van der Waals surface area contributed by atoms with E-state index < -0.39 is 15.1 Å². The van der Waals surface area contributed by atoms with Gasteiger partial charge in [0.15, 0.2) is 5.76 Å². The van der Waals surface area contributed by atoms with Gasteiger partial charge in [0.25, 0.3) is 0 Å². The summed E-state index contributed by atoms with van der Waals surface area (Å²) in [5.41, 5.74) is 2.02. The first-order chi connectivity index (χ1) is 14.1. The van der Waals surface area contributed by atoms with Crippen LogP contribution < -0.4 is 0 Å². The number of hydrogen-bond donors (Lipinski definition) is 0. The van der Waals surface area contributed by atoms with E-state index in [1.54, 1.807) is 18.2 Å². The van der Waals surface area contributed by atoms with Gasteiger partial charge in [-0.2, -0.15) is 5.26 Å². The second kappa shape index (κ2) is 7.74. The number of nitriles is 1. The van der Waals surface area contributed by atoms with E-state index in [1.165, 1.54) is 12.1 Å². The monoisotopic (exact) mass is 400 g/mol. The summed E-state index contributed by atoms with van der Waals surface area (Å²) in [5, 5.41) is 8.14. The highest BCUT2D eigenvalue weighted by molar-refractivity contribution is 7.92. The molecule has 1 atom stereocenters. The van der Waals surface area contributed by atoms with Gasteiger partial charge < -0.3 is 4.42 Å². The van der Waals surface area contributed by atoms with E-state index in [1.807, 2.05) is 66.7 Å². The van der Waals surface area contributed by atoms with Gasteiger partial charge in [0.2, 0.25) is 21.0 Å². The minimum absolute atomic E-state index is 0.0484. The summed E-state index contributed by atoms with van der Waals surface area (Å²) in [7, 11) is -3.99. The van der Waals surface area contributed by atoms with E-state index >= 15 is 0 Å². The molecule has 6 heteroatoms. The Morgan fingerprint density at radius 3 is 1.86 bits per heavy atom. The van der Waals surface area contributed by atoms with E-state index in [4.69, 9.17) is 4.42 Å². The van der Waals surface area contributed by atoms with E-state index in [2.05, 4.69) is 4.98 Å². The van der Waals surface area contributed by atoms with Crippen molar-refractivity contribution < 1.29 is 12.8 Å². The summed E-state index contributed by atoms with van der Waals surface area (Å²) in [4.78, 5) is 4.50. The van der Waals surface area contributed by atoms with E-state index in [-0.39, 0.29) is 10.8 Å². The van der Waals surface area contributed by atoms with Gasteiger partial charge in [-0.1, -0.05) is 78.9 Å². The topological polar surface area (TPSA) is 84.0 Å². The predicted octanol–water partition coefficient (Wildman–Crippen LogP) is 5.05. The highest BCUT2D eigenvalue weighted by Crippen LogP contribution is 2.37. The lowest BCUT2D eigenvalue weighted by molar-refractivity contribution is 0.507. The summed E-state index contributed by atoms with van der Waals surface area (Å²) in [6, 6.07) is 28.3. The van der Waals surface area contributed by atoms with Crippen LogP contribution in [0.3, 0.4) is 0 Å². The summed E-state index contributed by atoms with van der Waals surface area (Å²) >= 11 is 0. The summed E-state index contributed by atoms with van der Waals surface area (Å²) < 4.78 is 32.0. The minimum atomic E-state index is -3.99. The Balaban J connectivity index is 1.89. The number of sulfone groups is 1. The quantitative estimate of drug-likeness (QED) is 0.468. The highest BCUT2D eigenvalue weighted by atomic mass is 32.2. The van der Waals surface area contributed by atoms with Crippen molar-refractivity contribution in [1.29, 1.82) is 5.26 Å². The van der Waals surface area contributed by atoms with Crippen LogP contribution in [0.4, 0.5) is 0 Å². The van der Waals surface area contributed by atoms with Crippen LogP contribution in [0.2, 0.25) is 0 Å². The molecule has 0 fully saturated rings. The fraction of sp³-hybridized carbons (Fsp3) is 0.0435. The summed E-state index contributed by atoms with van der Waals surface area (Å²) in [5.74, 6) is 0.282. The van der Waals surface area contributed by atoms with Gasteiger partial charge in [-0.15, -0.1) is 0 Å². The molecule has 0 aliphatic rings. The fourth-order valence-corrected chi connectivity index (χ4v) is 4.34. The normalized spacial score (nSPS) is 12.2. The van der Waals surface area contributed by atoms with Crippen LogP contribution in [0.5, 0.6) is 0 Å². The average molecular weight is 400 g/mol. The van der Waals surface area contributed by atoms with Gasteiger partial charge in [0, 0.05) is 11.1 Å². The molecule has 1 aromatic heterocycles. The van der Waals surface area contributed by atoms with Crippen LogP contribution in [0, 0.1) is 11.3 Å². The third-order valence-corrected chi connectivity index (χ3v) is 6.31. The molecule has 5 nitrogen and oxygen atoms in total. The molecule has 0 saturated heterocycles. The lowest BCUT2D eigenvalue weighted by atomic mass is 10.1. The zero-order valence-electron chi connectivity index (χ0n) is 15.3. The van der Waals surface area contributed by atoms with Gasteiger partial charge in [-0.05, 0) is 12.1 Å². The molecule has 0 aliphatic carbocycles. The number of rotatable bonds is 5. The zero-order chi connectivity index (χ0) is 20.3. The Labute approximate surface area is 168 Å². The van der Waals surface area contributed by atoms with E-state index in [0.29, 0.717) is 11.5 Å². The third kappa shape index (κ3) is 3.56. The van der Waals surface area contributed by atoms with E-state index in [9.17, 15) is 13.7 Å². The predicted molar refractivity (Wildman–Crippen MR) is 109 cm³/mol. The Morgan fingerprint density at radius 2 is 1.31 bits per heavy atom. The SMILES string of the molecule is N#CC(c1nc(-c2ccccc2)c(-c2ccccc2)o1)S(=O)(=O)c1ccccc1. The average Bonchev–Trinajstić information content (AvgIpc) is 3.21. The van der Waals surface area contributed by atoms with Crippen LogP contribution in [0.25, 0.3) is 22.6 Å². The van der Waals surface area contributed by atoms with Crippen molar-refractivity contribution in [3.63, 3.8) is 0 Å². The largest absolute Gasteiger partial charge is 0.437 e. The second-order valence-corrected chi connectivity index (χ2v) is 8.36. The molecule has 0 spiro atoms. The molecule has 0 aliphatic heterocycles. The summed E-state index contributed by atoms with van der Waals surface area (Å²) in [6.45, 7) is 0. The number of hydrogen-bond acceptors (Lipinski definition) is 5. The van der Waals surface area contributed by atoms with Crippen molar-refractivity contribution in [1.82, 2.24) is 4.98 Å². The molecule has 0 saturated carbocycles. The molecular weight excluding hydrogens is 384 g/mol. The highest BCUT2D eigenvalue weighted by Gasteiger charge is 2.34. The Morgan fingerprint density at radius 1 is 0.793 bits per heavy atom. The Bertz CT molecular complexity index is 1200. The molecule has 1 unspecified atom stereocenters. The molecule has 3 aromatic carbocycles. The van der Waals surface area contributed by atoms with Crippen LogP contribution in [-0.4, -0.2) is 13.4 Å². The van der Waals surface area contributed by atoms with Crippen LogP contribution in [-0.2, 0) is 9.84 Å². The molecule has 0 amide bonds. The number of benzene rings is 3. The fourth-order valence-electron chi connectivity index (χ4n) is 3.03. The first-order valence-corrected chi connectivity index (χ1v) is 10.5. The standard InChI is InChI=1S/C23H16N2O3S/c24-16-20(29(26,27)19-14-8-3-9-15-19)23-25-21(17-10-4-1-5-11-17)22(28-23)18-12-6-2-7-13-18/h1-15,20H. The van der Waals surface area contributed by atoms with Gasteiger partial charge in [0.05, 0.1) is 11.0 Å². The molecule has 1 heterocycles. The van der Waals surface area contributed by atoms with E-state index in [0.717, 1.165) is 11.1 Å². The van der Waals surface area contributed by atoms with Crippen LogP contribution >= 0.6 is 0 Å². The van der Waals surface area contributed by atoms with Crippen molar-refractivity contribution in [2.75, 3.05) is 0 Å². The molecule has 142 valence electrons. The van der Waals surface area contributed by atoms with Crippen LogP contribution in [0.15, 0.2) is 100 Å². The Kier molecular flexibility index (Phi) is 4.98. The first kappa shape index (κ1) is 18.7. The molecule has 0 bridgehead atoms. The smallest absolute Gasteiger partial charge is 0.228 e. The van der Waals surface area contributed by atoms with Crippen molar-refractivity contribution in [2.45, 2.75) is 10.1 Å². The number of aromatic nitrogens is 1. The molecule has 29 heavy (non-hydrogen) atoms. The minimum Gasteiger partial charge on any atom is -0.437 e. The number of nitrogens with zero attached hydrogens (tertiary/aromatic N) is 2. The third-order valence-electron chi connectivity index (χ3n) is 4.45. The second-order valence-electron chi connectivity index (χ2n) is 6.33.